The molecule has 3 aromatic rings. The van der Waals surface area contributed by atoms with Crippen molar-refractivity contribution in [2.24, 2.45) is 0 Å². The summed E-state index contributed by atoms with van der Waals surface area (Å²) in [6.07, 6.45) is 0. The maximum absolute atomic E-state index is 13.4. The number of anilines is 2. The zero-order valence-corrected chi connectivity index (χ0v) is 20.9. The quantitative estimate of drug-likeness (QED) is 0.269. The summed E-state index contributed by atoms with van der Waals surface area (Å²) >= 11 is 0. The smallest absolute Gasteiger partial charge is 0.300 e. The number of benzene rings is 3. The summed E-state index contributed by atoms with van der Waals surface area (Å²) < 4.78 is 10.7. The average molecular weight is 487 g/mol. The lowest BCUT2D eigenvalue weighted by Crippen LogP contribution is -2.30. The molecule has 3 aromatic carbocycles. The number of ether oxygens (including phenoxy) is 2. The van der Waals surface area contributed by atoms with Gasteiger partial charge in [0, 0.05) is 24.3 Å². The summed E-state index contributed by atoms with van der Waals surface area (Å²) in [4.78, 5) is 30.4. The highest BCUT2D eigenvalue weighted by molar-refractivity contribution is 6.51. The van der Waals surface area contributed by atoms with E-state index in [0.29, 0.717) is 28.3 Å². The number of carbonyl (C=O) groups is 2. The van der Waals surface area contributed by atoms with Crippen molar-refractivity contribution in [3.05, 3.63) is 89.5 Å². The average Bonchev–Trinajstić information content (AvgIpc) is 3.19. The second-order valence-electron chi connectivity index (χ2n) is 8.33. The first-order chi connectivity index (χ1) is 17.4. The maximum atomic E-state index is 13.4. The third kappa shape index (κ3) is 4.40. The van der Waals surface area contributed by atoms with Crippen molar-refractivity contribution in [3.63, 3.8) is 0 Å². The molecule has 1 fully saturated rings. The van der Waals surface area contributed by atoms with Gasteiger partial charge in [-0.2, -0.15) is 0 Å². The molecule has 7 heteroatoms. The van der Waals surface area contributed by atoms with E-state index in [4.69, 9.17) is 9.47 Å². The molecule has 1 unspecified atom stereocenters. The van der Waals surface area contributed by atoms with Crippen LogP contribution in [0, 0.1) is 0 Å². The van der Waals surface area contributed by atoms with Gasteiger partial charge >= 0.3 is 0 Å². The van der Waals surface area contributed by atoms with Crippen LogP contribution in [0.3, 0.4) is 0 Å². The van der Waals surface area contributed by atoms with Crippen molar-refractivity contribution >= 4 is 28.8 Å². The van der Waals surface area contributed by atoms with Crippen LogP contribution in [-0.4, -0.2) is 44.1 Å². The van der Waals surface area contributed by atoms with E-state index >= 15 is 0 Å². The minimum atomic E-state index is -0.839. The second-order valence-corrected chi connectivity index (χ2v) is 8.33. The number of nitrogens with zero attached hydrogens (tertiary/aromatic N) is 2. The Labute approximate surface area is 211 Å². The number of ketones is 1. The summed E-state index contributed by atoms with van der Waals surface area (Å²) in [5, 5.41) is 11.3. The first-order valence-electron chi connectivity index (χ1n) is 11.9. The van der Waals surface area contributed by atoms with Crippen LogP contribution < -0.4 is 19.3 Å². The lowest BCUT2D eigenvalue weighted by molar-refractivity contribution is -0.132. The Balaban J connectivity index is 1.91. The minimum Gasteiger partial charge on any atom is -0.507 e. The summed E-state index contributed by atoms with van der Waals surface area (Å²) in [6.45, 7) is 5.88. The van der Waals surface area contributed by atoms with Crippen LogP contribution in [0.15, 0.2) is 78.4 Å². The Hall–Kier alpha value is -4.26. The van der Waals surface area contributed by atoms with E-state index in [0.717, 1.165) is 18.8 Å². The van der Waals surface area contributed by atoms with E-state index in [2.05, 4.69) is 18.7 Å². The molecule has 1 saturated heterocycles. The number of rotatable bonds is 8. The maximum Gasteiger partial charge on any atom is 0.300 e. The third-order valence-electron chi connectivity index (χ3n) is 6.49. The SMILES string of the molecule is CCN(CC)c1ccc(C2/C(=C(/O)c3ccc(OC)cc3)C(=O)C(=O)N2c2ccccc2OC)cc1. The molecular weight excluding hydrogens is 456 g/mol. The number of aliphatic hydroxyl groups excluding tert-OH is 1. The molecule has 1 aliphatic rings. The molecule has 1 amide bonds. The van der Waals surface area contributed by atoms with Crippen LogP contribution in [0.2, 0.25) is 0 Å². The summed E-state index contributed by atoms with van der Waals surface area (Å²) in [6, 6.07) is 20.6. The molecule has 0 spiro atoms. The van der Waals surface area contributed by atoms with E-state index in [1.54, 1.807) is 55.6 Å². The Morgan fingerprint density at radius 2 is 1.53 bits per heavy atom. The number of para-hydroxylation sites is 2. The van der Waals surface area contributed by atoms with Gasteiger partial charge in [0.1, 0.15) is 17.3 Å². The molecule has 1 heterocycles. The molecule has 1 aliphatic heterocycles. The Kier molecular flexibility index (Phi) is 7.29. The van der Waals surface area contributed by atoms with Crippen LogP contribution in [0.1, 0.15) is 31.0 Å². The molecule has 0 radical (unpaired) electrons. The van der Waals surface area contributed by atoms with Gasteiger partial charge in [-0.15, -0.1) is 0 Å². The van der Waals surface area contributed by atoms with Crippen molar-refractivity contribution in [3.8, 4) is 11.5 Å². The lowest BCUT2D eigenvalue weighted by atomic mass is 9.94. The topological polar surface area (TPSA) is 79.3 Å². The summed E-state index contributed by atoms with van der Waals surface area (Å²) in [5.74, 6) is -0.663. The second kappa shape index (κ2) is 10.6. The van der Waals surface area contributed by atoms with Crippen molar-refractivity contribution in [2.45, 2.75) is 19.9 Å². The first kappa shape index (κ1) is 24.9. The number of hydrogen-bond acceptors (Lipinski definition) is 6. The summed E-state index contributed by atoms with van der Waals surface area (Å²) in [5.41, 5.74) is 2.62. The summed E-state index contributed by atoms with van der Waals surface area (Å²) in [7, 11) is 3.07. The van der Waals surface area contributed by atoms with Gasteiger partial charge in [-0.1, -0.05) is 24.3 Å². The number of methoxy groups -OCH3 is 2. The van der Waals surface area contributed by atoms with Gasteiger partial charge in [-0.05, 0) is 67.9 Å². The number of carbonyl (C=O) groups excluding carboxylic acids is 2. The number of Topliss-reactive ketones (excluding diaryl/α,β-unsaturated/α-hetero) is 1. The van der Waals surface area contributed by atoms with E-state index in [9.17, 15) is 14.7 Å². The molecule has 7 nitrogen and oxygen atoms in total. The zero-order chi connectivity index (χ0) is 25.8. The molecule has 186 valence electrons. The highest BCUT2D eigenvalue weighted by Gasteiger charge is 2.47. The van der Waals surface area contributed by atoms with Crippen molar-refractivity contribution in [2.75, 3.05) is 37.1 Å². The monoisotopic (exact) mass is 486 g/mol. The fourth-order valence-electron chi connectivity index (χ4n) is 4.59. The highest BCUT2D eigenvalue weighted by atomic mass is 16.5. The van der Waals surface area contributed by atoms with Crippen molar-refractivity contribution in [1.82, 2.24) is 0 Å². The molecule has 0 bridgehead atoms. The Bertz CT molecular complexity index is 1280. The Morgan fingerprint density at radius 1 is 0.889 bits per heavy atom. The van der Waals surface area contributed by atoms with Gasteiger partial charge in [0.15, 0.2) is 0 Å². The van der Waals surface area contributed by atoms with Crippen LogP contribution in [0.25, 0.3) is 5.76 Å². The molecule has 0 saturated carbocycles. The normalized spacial score (nSPS) is 16.8. The number of aliphatic hydroxyl groups is 1. The van der Waals surface area contributed by atoms with E-state index < -0.39 is 17.7 Å². The Morgan fingerprint density at radius 3 is 2.11 bits per heavy atom. The number of amides is 1. The van der Waals surface area contributed by atoms with E-state index in [-0.39, 0.29) is 11.3 Å². The zero-order valence-electron chi connectivity index (χ0n) is 20.9. The van der Waals surface area contributed by atoms with Crippen molar-refractivity contribution in [1.29, 1.82) is 0 Å². The predicted molar refractivity (Wildman–Crippen MR) is 141 cm³/mol. The minimum absolute atomic E-state index is 0.0201. The molecule has 1 N–H and O–H groups in total. The van der Waals surface area contributed by atoms with Crippen molar-refractivity contribution < 1.29 is 24.2 Å². The fraction of sp³-hybridized carbons (Fsp3) is 0.241. The molecule has 0 aliphatic carbocycles. The van der Waals surface area contributed by atoms with Gasteiger partial charge in [0.05, 0.1) is 31.5 Å². The molecular formula is C29H30N2O5. The number of hydrogen-bond donors (Lipinski definition) is 1. The van der Waals surface area contributed by atoms with Gasteiger partial charge in [-0.3, -0.25) is 14.5 Å². The van der Waals surface area contributed by atoms with Gasteiger partial charge in [-0.25, -0.2) is 0 Å². The first-order valence-corrected chi connectivity index (χ1v) is 11.9. The van der Waals surface area contributed by atoms with E-state index in [1.165, 1.54) is 12.0 Å². The van der Waals surface area contributed by atoms with Crippen LogP contribution in [0.5, 0.6) is 11.5 Å². The van der Waals surface area contributed by atoms with Crippen LogP contribution in [0.4, 0.5) is 11.4 Å². The van der Waals surface area contributed by atoms with Gasteiger partial charge in [0.25, 0.3) is 11.7 Å². The molecule has 4 rings (SSSR count). The van der Waals surface area contributed by atoms with Gasteiger partial charge < -0.3 is 19.5 Å². The third-order valence-corrected chi connectivity index (χ3v) is 6.49. The lowest BCUT2D eigenvalue weighted by Gasteiger charge is -2.27. The highest BCUT2D eigenvalue weighted by Crippen LogP contribution is 2.45. The fourth-order valence-corrected chi connectivity index (χ4v) is 4.59. The molecule has 0 aromatic heterocycles. The van der Waals surface area contributed by atoms with Crippen LogP contribution >= 0.6 is 0 Å². The van der Waals surface area contributed by atoms with Gasteiger partial charge in [0.2, 0.25) is 0 Å². The molecule has 36 heavy (non-hydrogen) atoms. The van der Waals surface area contributed by atoms with Crippen LogP contribution in [-0.2, 0) is 9.59 Å². The standard InChI is InChI=1S/C29H30N2O5/c1-5-30(6-2)21-15-11-19(12-16-21)26-25(27(32)20-13-17-22(35-3)18-14-20)28(33)29(34)31(26)23-9-7-8-10-24(23)36-4/h7-18,26,32H,5-6H2,1-4H3/b27-25-. The molecule has 1 atom stereocenters. The largest absolute Gasteiger partial charge is 0.507 e. The van der Waals surface area contributed by atoms with E-state index in [1.807, 2.05) is 24.3 Å². The predicted octanol–water partition coefficient (Wildman–Crippen LogP) is 5.18.